The van der Waals surface area contributed by atoms with Gasteiger partial charge in [0.2, 0.25) is 0 Å². The van der Waals surface area contributed by atoms with Crippen LogP contribution in [-0.4, -0.2) is 18.2 Å². The molecule has 0 spiro atoms. The number of rotatable bonds is 4. The molecule has 1 rings (SSSR count). The molecule has 0 fully saturated rings. The number of benzene rings is 1. The van der Waals surface area contributed by atoms with Gasteiger partial charge in [-0.25, -0.2) is 4.79 Å². The van der Waals surface area contributed by atoms with Crippen LogP contribution in [0.4, 0.5) is 5.69 Å². The number of nitrogen functional groups attached to an aromatic ring is 1. The monoisotopic (exact) mass is 237 g/mol. The van der Waals surface area contributed by atoms with Gasteiger partial charge in [0.1, 0.15) is 5.56 Å². The second-order valence-corrected chi connectivity index (χ2v) is 4.69. The van der Waals surface area contributed by atoms with E-state index in [1.54, 1.807) is 12.1 Å². The lowest BCUT2D eigenvalue weighted by Crippen LogP contribution is -2.17. The molecule has 0 radical (unpaired) electrons. The number of carbonyl (C=O) groups is 1. The summed E-state index contributed by atoms with van der Waals surface area (Å²) in [7, 11) is 1.42. The van der Waals surface area contributed by atoms with Crippen molar-refractivity contribution in [1.82, 2.24) is 0 Å². The third-order valence-corrected chi connectivity index (χ3v) is 3.22. The topological polar surface area (TPSA) is 72.5 Å². The molecule has 0 aromatic heterocycles. The van der Waals surface area contributed by atoms with Crippen LogP contribution in [0.15, 0.2) is 12.1 Å². The van der Waals surface area contributed by atoms with Crippen LogP contribution >= 0.6 is 0 Å². The maximum Gasteiger partial charge on any atom is 0.339 e. The Morgan fingerprint density at radius 2 is 2.06 bits per heavy atom. The molecule has 0 aliphatic carbocycles. The molecule has 17 heavy (non-hydrogen) atoms. The molecule has 0 aliphatic rings. The van der Waals surface area contributed by atoms with Crippen molar-refractivity contribution in [2.45, 2.75) is 32.6 Å². The Hall–Kier alpha value is -1.71. The third kappa shape index (κ3) is 2.52. The first kappa shape index (κ1) is 13.4. The summed E-state index contributed by atoms with van der Waals surface area (Å²) in [6.07, 6.45) is 0.901. The van der Waals surface area contributed by atoms with Crippen molar-refractivity contribution < 1.29 is 14.6 Å². The quantitative estimate of drug-likeness (QED) is 0.790. The summed E-state index contributed by atoms with van der Waals surface area (Å²) >= 11 is 0. The number of methoxy groups -OCH3 is 1. The minimum atomic E-state index is -1.03. The van der Waals surface area contributed by atoms with Crippen LogP contribution in [0.2, 0.25) is 0 Å². The van der Waals surface area contributed by atoms with Gasteiger partial charge < -0.3 is 15.6 Å². The van der Waals surface area contributed by atoms with E-state index in [0.29, 0.717) is 5.69 Å². The molecule has 0 unspecified atom stereocenters. The summed E-state index contributed by atoms with van der Waals surface area (Å²) in [6, 6.07) is 3.43. The molecular weight excluding hydrogens is 218 g/mol. The summed E-state index contributed by atoms with van der Waals surface area (Å²) < 4.78 is 5.03. The van der Waals surface area contributed by atoms with Gasteiger partial charge in [-0.1, -0.05) is 20.8 Å². The summed E-state index contributed by atoms with van der Waals surface area (Å²) in [5, 5.41) is 9.15. The second kappa shape index (κ2) is 4.65. The van der Waals surface area contributed by atoms with Gasteiger partial charge in [0.05, 0.1) is 12.8 Å². The normalized spacial score (nSPS) is 11.3. The molecule has 4 heteroatoms. The van der Waals surface area contributed by atoms with Crippen molar-refractivity contribution in [3.63, 3.8) is 0 Å². The van der Waals surface area contributed by atoms with Crippen LogP contribution in [0.25, 0.3) is 0 Å². The third-order valence-electron chi connectivity index (χ3n) is 3.22. The van der Waals surface area contributed by atoms with Crippen LogP contribution < -0.4 is 10.5 Å². The standard InChI is InChI=1S/C13H19NO3/c1-5-13(2,3)8-6-9(12(15)16)11(17-4)10(14)7-8/h6-7H,5,14H2,1-4H3,(H,15,16). The van der Waals surface area contributed by atoms with Crippen LogP contribution in [0.5, 0.6) is 5.75 Å². The Morgan fingerprint density at radius 1 is 1.47 bits per heavy atom. The lowest BCUT2D eigenvalue weighted by atomic mass is 9.81. The fourth-order valence-electron chi connectivity index (χ4n) is 1.63. The number of nitrogens with two attached hydrogens (primary N) is 1. The van der Waals surface area contributed by atoms with Gasteiger partial charge in [-0.05, 0) is 29.5 Å². The number of ether oxygens (including phenoxy) is 1. The molecule has 0 saturated carbocycles. The van der Waals surface area contributed by atoms with Gasteiger partial charge in [-0.15, -0.1) is 0 Å². The van der Waals surface area contributed by atoms with Crippen LogP contribution in [0, 0.1) is 0 Å². The zero-order valence-corrected chi connectivity index (χ0v) is 10.7. The highest BCUT2D eigenvalue weighted by Gasteiger charge is 2.23. The summed E-state index contributed by atoms with van der Waals surface area (Å²) in [4.78, 5) is 11.2. The highest BCUT2D eigenvalue weighted by Crippen LogP contribution is 2.35. The number of aromatic carboxylic acids is 1. The molecule has 1 aromatic carbocycles. The molecule has 0 aliphatic heterocycles. The second-order valence-electron chi connectivity index (χ2n) is 4.69. The fourth-order valence-corrected chi connectivity index (χ4v) is 1.63. The van der Waals surface area contributed by atoms with Gasteiger partial charge in [0.25, 0.3) is 0 Å². The van der Waals surface area contributed by atoms with E-state index in [0.717, 1.165) is 12.0 Å². The van der Waals surface area contributed by atoms with Gasteiger partial charge in [-0.2, -0.15) is 0 Å². The minimum absolute atomic E-state index is 0.107. The lowest BCUT2D eigenvalue weighted by molar-refractivity contribution is 0.0693. The van der Waals surface area contributed by atoms with Crippen molar-refractivity contribution in [2.75, 3.05) is 12.8 Å². The van der Waals surface area contributed by atoms with Crippen molar-refractivity contribution in [1.29, 1.82) is 0 Å². The Morgan fingerprint density at radius 3 is 2.47 bits per heavy atom. The zero-order chi connectivity index (χ0) is 13.2. The first-order chi connectivity index (χ1) is 7.83. The molecule has 3 N–H and O–H groups in total. The maximum atomic E-state index is 11.2. The SMILES string of the molecule is CCC(C)(C)c1cc(N)c(OC)c(C(=O)O)c1. The number of hydrogen-bond acceptors (Lipinski definition) is 3. The number of hydrogen-bond donors (Lipinski definition) is 2. The molecule has 0 bridgehead atoms. The smallest absolute Gasteiger partial charge is 0.339 e. The van der Waals surface area contributed by atoms with Crippen LogP contribution in [0.1, 0.15) is 43.1 Å². The van der Waals surface area contributed by atoms with E-state index in [2.05, 4.69) is 20.8 Å². The van der Waals surface area contributed by atoms with Gasteiger partial charge >= 0.3 is 5.97 Å². The maximum absolute atomic E-state index is 11.2. The van der Waals surface area contributed by atoms with Crippen molar-refractivity contribution in [3.8, 4) is 5.75 Å². The van der Waals surface area contributed by atoms with Crippen molar-refractivity contribution in [2.24, 2.45) is 0 Å². The Labute approximate surface area is 101 Å². The van der Waals surface area contributed by atoms with E-state index < -0.39 is 5.97 Å². The highest BCUT2D eigenvalue weighted by atomic mass is 16.5. The Bertz CT molecular complexity index is 439. The first-order valence-electron chi connectivity index (χ1n) is 5.54. The predicted molar refractivity (Wildman–Crippen MR) is 67.7 cm³/mol. The molecule has 0 atom stereocenters. The zero-order valence-electron chi connectivity index (χ0n) is 10.7. The van der Waals surface area contributed by atoms with Gasteiger partial charge in [0.15, 0.2) is 5.75 Å². The number of carboxylic acids is 1. The highest BCUT2D eigenvalue weighted by molar-refractivity contribution is 5.93. The van der Waals surface area contributed by atoms with E-state index in [1.807, 2.05) is 0 Å². The summed E-state index contributed by atoms with van der Waals surface area (Å²) in [5.74, 6) is -0.796. The number of carboxylic acid groups (broad SMARTS) is 1. The molecule has 0 amide bonds. The Balaban J connectivity index is 3.44. The minimum Gasteiger partial charge on any atom is -0.494 e. The van der Waals surface area contributed by atoms with Crippen molar-refractivity contribution >= 4 is 11.7 Å². The Kier molecular flexibility index (Phi) is 3.66. The van der Waals surface area contributed by atoms with Gasteiger partial charge in [0, 0.05) is 0 Å². The summed E-state index contributed by atoms with van der Waals surface area (Å²) in [5.41, 5.74) is 7.12. The van der Waals surface area contributed by atoms with Crippen LogP contribution in [0.3, 0.4) is 0 Å². The average Bonchev–Trinajstić information content (AvgIpc) is 2.27. The molecule has 0 saturated heterocycles. The van der Waals surface area contributed by atoms with E-state index >= 15 is 0 Å². The lowest BCUT2D eigenvalue weighted by Gasteiger charge is -2.25. The van der Waals surface area contributed by atoms with Crippen molar-refractivity contribution in [3.05, 3.63) is 23.3 Å². The predicted octanol–water partition coefficient (Wildman–Crippen LogP) is 2.66. The average molecular weight is 237 g/mol. The van der Waals surface area contributed by atoms with E-state index in [4.69, 9.17) is 15.6 Å². The molecule has 94 valence electrons. The van der Waals surface area contributed by atoms with Gasteiger partial charge in [-0.3, -0.25) is 0 Å². The van der Waals surface area contributed by atoms with Crippen LogP contribution in [-0.2, 0) is 5.41 Å². The molecule has 0 heterocycles. The molecular formula is C13H19NO3. The summed E-state index contributed by atoms with van der Waals surface area (Å²) in [6.45, 7) is 6.17. The van der Waals surface area contributed by atoms with E-state index in [9.17, 15) is 4.79 Å². The largest absolute Gasteiger partial charge is 0.494 e. The fraction of sp³-hybridized carbons (Fsp3) is 0.462. The molecule has 4 nitrogen and oxygen atoms in total. The molecule has 1 aromatic rings. The number of anilines is 1. The van der Waals surface area contributed by atoms with E-state index in [-0.39, 0.29) is 16.7 Å². The van der Waals surface area contributed by atoms with E-state index in [1.165, 1.54) is 7.11 Å². The first-order valence-corrected chi connectivity index (χ1v) is 5.54.